The van der Waals surface area contributed by atoms with Crippen LogP contribution in [0.5, 0.6) is 5.75 Å². The maximum absolute atomic E-state index is 11.1. The maximum atomic E-state index is 11.1. The van der Waals surface area contributed by atoms with Gasteiger partial charge in [-0.15, -0.1) is 0 Å². The minimum absolute atomic E-state index is 0.406. The van der Waals surface area contributed by atoms with Gasteiger partial charge in [-0.1, -0.05) is 47.6 Å². The molecule has 0 spiro atoms. The van der Waals surface area contributed by atoms with Crippen molar-refractivity contribution in [1.29, 1.82) is 0 Å². The Bertz CT molecular complexity index is 723. The Morgan fingerprint density at radius 3 is 2.50 bits per heavy atom. The van der Waals surface area contributed by atoms with Crippen molar-refractivity contribution in [3.8, 4) is 16.9 Å². The van der Waals surface area contributed by atoms with Crippen LogP contribution in [0.4, 0.5) is 0 Å². The predicted octanol–water partition coefficient (Wildman–Crippen LogP) is 2.34. The zero-order valence-electron chi connectivity index (χ0n) is 12.2. The van der Waals surface area contributed by atoms with Crippen molar-refractivity contribution in [3.05, 3.63) is 54.1 Å². The first-order chi connectivity index (χ1) is 10.7. The lowest BCUT2D eigenvalue weighted by atomic mass is 9.99. The van der Waals surface area contributed by atoms with Gasteiger partial charge in [-0.2, -0.15) is 0 Å². The number of nitrogens with two attached hydrogens (primary N) is 1. The third-order valence-corrected chi connectivity index (χ3v) is 3.62. The van der Waals surface area contributed by atoms with Crippen molar-refractivity contribution in [2.24, 2.45) is 10.9 Å². The van der Waals surface area contributed by atoms with Gasteiger partial charge >= 0.3 is 0 Å². The monoisotopic (exact) mass is 296 g/mol. The van der Waals surface area contributed by atoms with Gasteiger partial charge in [0, 0.05) is 12.0 Å². The molecular weight excluding hydrogens is 280 g/mol. The third-order valence-electron chi connectivity index (χ3n) is 3.62. The van der Waals surface area contributed by atoms with E-state index in [0.29, 0.717) is 6.42 Å². The lowest BCUT2D eigenvalue weighted by Gasteiger charge is -2.09. The number of oxime groups is 1. The summed E-state index contributed by atoms with van der Waals surface area (Å²) in [5.41, 5.74) is 8.94. The Morgan fingerprint density at radius 1 is 1.18 bits per heavy atom. The topological polar surface area (TPSA) is 73.9 Å². The quantitative estimate of drug-likeness (QED) is 0.941. The second-order valence-electron chi connectivity index (χ2n) is 5.02. The average molecular weight is 296 g/mol. The number of primary amides is 1. The molecule has 1 heterocycles. The number of carbonyl (C=O) groups excluding carboxylic acids is 1. The Labute approximate surface area is 128 Å². The summed E-state index contributed by atoms with van der Waals surface area (Å²) in [6, 6.07) is 15.7. The summed E-state index contributed by atoms with van der Waals surface area (Å²) in [6.07, 6.45) is -0.257. The van der Waals surface area contributed by atoms with Crippen LogP contribution in [0.15, 0.2) is 53.7 Å². The number of carbonyl (C=O) groups is 1. The van der Waals surface area contributed by atoms with Crippen molar-refractivity contribution >= 4 is 11.6 Å². The fraction of sp³-hybridized carbons (Fsp3) is 0.176. The van der Waals surface area contributed by atoms with Crippen LogP contribution in [0.1, 0.15) is 12.0 Å². The molecule has 1 aliphatic rings. The molecule has 5 heteroatoms. The minimum atomic E-state index is -0.663. The van der Waals surface area contributed by atoms with Crippen LogP contribution in [0.25, 0.3) is 11.1 Å². The van der Waals surface area contributed by atoms with Crippen LogP contribution >= 0.6 is 0 Å². The number of hydrogen-bond donors (Lipinski definition) is 1. The van der Waals surface area contributed by atoms with E-state index in [2.05, 4.69) is 5.16 Å². The van der Waals surface area contributed by atoms with Crippen molar-refractivity contribution < 1.29 is 14.4 Å². The van der Waals surface area contributed by atoms with E-state index < -0.39 is 12.0 Å². The lowest BCUT2D eigenvalue weighted by molar-refractivity contribution is -0.127. The molecule has 1 aliphatic heterocycles. The third kappa shape index (κ3) is 2.65. The first kappa shape index (κ1) is 14.1. The molecular formula is C17H16N2O3. The number of para-hydroxylation sites is 1. The molecule has 0 aromatic heterocycles. The Morgan fingerprint density at radius 2 is 1.86 bits per heavy atom. The number of benzene rings is 2. The van der Waals surface area contributed by atoms with E-state index in [9.17, 15) is 4.79 Å². The highest BCUT2D eigenvalue weighted by atomic mass is 16.6. The molecule has 0 saturated heterocycles. The first-order valence-electron chi connectivity index (χ1n) is 6.95. The second kappa shape index (κ2) is 5.89. The number of methoxy groups -OCH3 is 1. The van der Waals surface area contributed by atoms with Crippen molar-refractivity contribution in [3.63, 3.8) is 0 Å². The lowest BCUT2D eigenvalue weighted by Crippen LogP contribution is -2.28. The highest BCUT2D eigenvalue weighted by Crippen LogP contribution is 2.30. The molecule has 0 fully saturated rings. The molecule has 112 valence electrons. The standard InChI is InChI=1S/C17H16N2O3/c1-21-15-5-3-2-4-13(15)11-6-8-12(9-7-11)14-10-16(17(18)20)22-19-14/h2-9,16H,10H2,1H3,(H2,18,20). The number of nitrogens with zero attached hydrogens (tertiary/aromatic N) is 1. The van der Waals surface area contributed by atoms with E-state index in [1.165, 1.54) is 0 Å². The molecule has 2 aromatic rings. The van der Waals surface area contributed by atoms with Gasteiger partial charge in [-0.05, 0) is 17.2 Å². The van der Waals surface area contributed by atoms with Crippen molar-refractivity contribution in [2.75, 3.05) is 7.11 Å². The number of ether oxygens (including phenoxy) is 1. The van der Waals surface area contributed by atoms with Gasteiger partial charge in [-0.3, -0.25) is 4.79 Å². The molecule has 1 unspecified atom stereocenters. The summed E-state index contributed by atoms with van der Waals surface area (Å²) < 4.78 is 5.38. The fourth-order valence-corrected chi connectivity index (χ4v) is 2.43. The summed E-state index contributed by atoms with van der Waals surface area (Å²) >= 11 is 0. The van der Waals surface area contributed by atoms with Crippen LogP contribution in [0.2, 0.25) is 0 Å². The van der Waals surface area contributed by atoms with Gasteiger partial charge < -0.3 is 15.3 Å². The number of amides is 1. The predicted molar refractivity (Wildman–Crippen MR) is 83.7 cm³/mol. The van der Waals surface area contributed by atoms with E-state index >= 15 is 0 Å². The van der Waals surface area contributed by atoms with Gasteiger partial charge in [0.2, 0.25) is 6.10 Å². The number of rotatable bonds is 4. The van der Waals surface area contributed by atoms with Crippen LogP contribution in [-0.4, -0.2) is 24.8 Å². The summed E-state index contributed by atoms with van der Waals surface area (Å²) in [4.78, 5) is 16.1. The molecule has 0 saturated carbocycles. The van der Waals surface area contributed by atoms with E-state index in [0.717, 1.165) is 28.2 Å². The van der Waals surface area contributed by atoms with Gasteiger partial charge in [0.05, 0.1) is 12.8 Å². The summed E-state index contributed by atoms with van der Waals surface area (Å²) in [5.74, 6) is 0.329. The van der Waals surface area contributed by atoms with E-state index in [1.54, 1.807) is 7.11 Å². The summed E-state index contributed by atoms with van der Waals surface area (Å²) in [6.45, 7) is 0. The largest absolute Gasteiger partial charge is 0.496 e. The van der Waals surface area contributed by atoms with E-state index in [-0.39, 0.29) is 0 Å². The molecule has 3 rings (SSSR count). The first-order valence-corrected chi connectivity index (χ1v) is 6.95. The SMILES string of the molecule is COc1ccccc1-c1ccc(C2=NOC(C(N)=O)C2)cc1. The average Bonchev–Trinajstić information content (AvgIpc) is 3.05. The van der Waals surface area contributed by atoms with Crippen LogP contribution in [0.3, 0.4) is 0 Å². The smallest absolute Gasteiger partial charge is 0.261 e. The Balaban J connectivity index is 1.83. The van der Waals surface area contributed by atoms with Gasteiger partial charge in [0.15, 0.2) is 0 Å². The zero-order valence-corrected chi connectivity index (χ0v) is 12.2. The van der Waals surface area contributed by atoms with Crippen molar-refractivity contribution in [1.82, 2.24) is 0 Å². The molecule has 2 N–H and O–H groups in total. The van der Waals surface area contributed by atoms with Crippen LogP contribution < -0.4 is 10.5 Å². The normalized spacial score (nSPS) is 16.8. The molecule has 1 amide bonds. The molecule has 0 radical (unpaired) electrons. The molecule has 1 atom stereocenters. The molecule has 5 nitrogen and oxygen atoms in total. The van der Waals surface area contributed by atoms with E-state index in [1.807, 2.05) is 48.5 Å². The van der Waals surface area contributed by atoms with Crippen LogP contribution in [0, 0.1) is 0 Å². The van der Waals surface area contributed by atoms with Gasteiger partial charge in [0.1, 0.15) is 5.75 Å². The van der Waals surface area contributed by atoms with Crippen molar-refractivity contribution in [2.45, 2.75) is 12.5 Å². The van der Waals surface area contributed by atoms with Gasteiger partial charge in [0.25, 0.3) is 5.91 Å². The maximum Gasteiger partial charge on any atom is 0.261 e. The Kier molecular flexibility index (Phi) is 3.78. The minimum Gasteiger partial charge on any atom is -0.496 e. The summed E-state index contributed by atoms with van der Waals surface area (Å²) in [7, 11) is 1.65. The highest BCUT2D eigenvalue weighted by molar-refractivity contribution is 6.04. The van der Waals surface area contributed by atoms with Crippen LogP contribution in [-0.2, 0) is 9.63 Å². The van der Waals surface area contributed by atoms with Gasteiger partial charge in [-0.25, -0.2) is 0 Å². The number of hydrogen-bond acceptors (Lipinski definition) is 4. The zero-order chi connectivity index (χ0) is 15.5. The molecule has 22 heavy (non-hydrogen) atoms. The van der Waals surface area contributed by atoms with E-state index in [4.69, 9.17) is 15.3 Å². The second-order valence-corrected chi connectivity index (χ2v) is 5.02. The fourth-order valence-electron chi connectivity index (χ4n) is 2.43. The highest BCUT2D eigenvalue weighted by Gasteiger charge is 2.26. The molecule has 2 aromatic carbocycles. The Hall–Kier alpha value is -2.82. The molecule has 0 bridgehead atoms. The molecule has 0 aliphatic carbocycles. The summed E-state index contributed by atoms with van der Waals surface area (Å²) in [5, 5.41) is 3.94.